The molecule has 134 valence electrons. The molecule has 2 heterocycles. The van der Waals surface area contributed by atoms with E-state index in [0.29, 0.717) is 37.0 Å². The van der Waals surface area contributed by atoms with Crippen molar-refractivity contribution in [2.45, 2.75) is 26.8 Å². The summed E-state index contributed by atoms with van der Waals surface area (Å²) in [5.41, 5.74) is 8.19. The Morgan fingerprint density at radius 3 is 2.72 bits per heavy atom. The van der Waals surface area contributed by atoms with Gasteiger partial charge in [0.05, 0.1) is 0 Å². The Balaban J connectivity index is 2.20. The number of pyridine rings is 1. The Bertz CT molecular complexity index is 719. The molecule has 0 unspecified atom stereocenters. The van der Waals surface area contributed by atoms with Crippen LogP contribution in [0, 0.1) is 6.92 Å². The fourth-order valence-corrected chi connectivity index (χ4v) is 2.05. The molecule has 0 aliphatic rings. The minimum atomic E-state index is -0.267. The molecule has 9 nitrogen and oxygen atoms in total. The fourth-order valence-electron chi connectivity index (χ4n) is 2.05. The number of amides is 1. The second-order valence-corrected chi connectivity index (χ2v) is 5.50. The fraction of sp³-hybridized carbons (Fsp3) is 0.375. The van der Waals surface area contributed by atoms with Crippen LogP contribution in [0.1, 0.15) is 24.6 Å². The van der Waals surface area contributed by atoms with Crippen molar-refractivity contribution in [3.8, 4) is 0 Å². The molecule has 0 spiro atoms. The summed E-state index contributed by atoms with van der Waals surface area (Å²) in [4.78, 5) is 24.2. The number of aliphatic hydroxyl groups is 1. The third-order valence-electron chi connectivity index (χ3n) is 3.29. The number of carbonyl (C=O) groups is 1. The van der Waals surface area contributed by atoms with Gasteiger partial charge in [0.1, 0.15) is 5.69 Å². The molecule has 6 N–H and O–H groups in total. The first-order valence-corrected chi connectivity index (χ1v) is 7.95. The van der Waals surface area contributed by atoms with E-state index in [4.69, 9.17) is 10.8 Å². The van der Waals surface area contributed by atoms with Gasteiger partial charge in [-0.05, 0) is 25.0 Å². The van der Waals surface area contributed by atoms with Gasteiger partial charge in [0.15, 0.2) is 11.6 Å². The maximum Gasteiger partial charge on any atom is 0.226 e. The Morgan fingerprint density at radius 2 is 2.08 bits per heavy atom. The van der Waals surface area contributed by atoms with Crippen LogP contribution in [0.3, 0.4) is 0 Å². The second-order valence-electron chi connectivity index (χ2n) is 5.50. The van der Waals surface area contributed by atoms with Crippen LogP contribution in [0.15, 0.2) is 18.3 Å². The van der Waals surface area contributed by atoms with E-state index in [2.05, 4.69) is 30.9 Å². The number of carbonyl (C=O) groups excluding carboxylic acids is 1. The van der Waals surface area contributed by atoms with E-state index in [1.807, 2.05) is 19.1 Å². The van der Waals surface area contributed by atoms with Gasteiger partial charge in [0.2, 0.25) is 11.9 Å². The summed E-state index contributed by atoms with van der Waals surface area (Å²) in [5, 5.41) is 17.6. The molecule has 0 saturated heterocycles. The maximum absolute atomic E-state index is 11.4. The highest BCUT2D eigenvalue weighted by Crippen LogP contribution is 2.27. The first kappa shape index (κ1) is 18.4. The average molecular weight is 345 g/mol. The summed E-state index contributed by atoms with van der Waals surface area (Å²) in [6.45, 7) is 4.35. The van der Waals surface area contributed by atoms with Gasteiger partial charge in [0, 0.05) is 38.5 Å². The second kappa shape index (κ2) is 8.78. The molecule has 0 bridgehead atoms. The lowest BCUT2D eigenvalue weighted by atomic mass is 10.2. The first-order valence-electron chi connectivity index (χ1n) is 7.95. The van der Waals surface area contributed by atoms with Crippen LogP contribution in [0.4, 0.5) is 23.3 Å². The smallest absolute Gasteiger partial charge is 0.226 e. The Hall–Kier alpha value is -2.94. The summed E-state index contributed by atoms with van der Waals surface area (Å²) in [6.07, 6.45) is 2.33. The Morgan fingerprint density at radius 1 is 1.28 bits per heavy atom. The normalized spacial score (nSPS) is 10.4. The van der Waals surface area contributed by atoms with Crippen LogP contribution < -0.4 is 21.7 Å². The Labute approximate surface area is 146 Å². The monoisotopic (exact) mass is 345 g/mol. The van der Waals surface area contributed by atoms with Crippen molar-refractivity contribution >= 4 is 29.2 Å². The molecule has 25 heavy (non-hydrogen) atoms. The lowest BCUT2D eigenvalue weighted by Crippen LogP contribution is -2.16. The van der Waals surface area contributed by atoms with Gasteiger partial charge in [0.25, 0.3) is 0 Å². The SMILES string of the molecule is CC(=O)Nc1c(N)nc(NCCCO)nc1NCc1ccc(C)nc1. The zero-order chi connectivity index (χ0) is 18.2. The van der Waals surface area contributed by atoms with Crippen LogP contribution in [-0.4, -0.2) is 39.1 Å². The van der Waals surface area contributed by atoms with Gasteiger partial charge in [-0.2, -0.15) is 9.97 Å². The number of hydrogen-bond acceptors (Lipinski definition) is 8. The molecule has 0 fully saturated rings. The Kier molecular flexibility index (Phi) is 6.47. The molecule has 1 amide bonds. The molecule has 0 radical (unpaired) electrons. The van der Waals surface area contributed by atoms with E-state index in [-0.39, 0.29) is 18.3 Å². The molecular formula is C16H23N7O2. The molecule has 0 aliphatic heterocycles. The molecule has 2 aromatic heterocycles. The highest BCUT2D eigenvalue weighted by molar-refractivity contribution is 5.95. The number of aromatic nitrogens is 3. The van der Waals surface area contributed by atoms with Crippen LogP contribution in [0.2, 0.25) is 0 Å². The summed E-state index contributed by atoms with van der Waals surface area (Å²) in [7, 11) is 0. The molecular weight excluding hydrogens is 322 g/mol. The van der Waals surface area contributed by atoms with E-state index in [1.165, 1.54) is 6.92 Å². The van der Waals surface area contributed by atoms with Crippen LogP contribution >= 0.6 is 0 Å². The van der Waals surface area contributed by atoms with Gasteiger partial charge in [-0.3, -0.25) is 9.78 Å². The molecule has 0 atom stereocenters. The van der Waals surface area contributed by atoms with E-state index in [9.17, 15) is 4.79 Å². The number of hydrogen-bond donors (Lipinski definition) is 5. The molecule has 2 aromatic rings. The maximum atomic E-state index is 11.4. The third kappa shape index (κ3) is 5.57. The topological polar surface area (TPSA) is 138 Å². The van der Waals surface area contributed by atoms with E-state index < -0.39 is 0 Å². The van der Waals surface area contributed by atoms with Gasteiger partial charge in [-0.25, -0.2) is 0 Å². The minimum absolute atomic E-state index is 0.0674. The zero-order valence-electron chi connectivity index (χ0n) is 14.3. The lowest BCUT2D eigenvalue weighted by molar-refractivity contribution is -0.114. The van der Waals surface area contributed by atoms with Crippen molar-refractivity contribution in [3.63, 3.8) is 0 Å². The third-order valence-corrected chi connectivity index (χ3v) is 3.29. The van der Waals surface area contributed by atoms with Crippen LogP contribution in [0.25, 0.3) is 0 Å². The van der Waals surface area contributed by atoms with Gasteiger partial charge in [-0.1, -0.05) is 6.07 Å². The average Bonchev–Trinajstić information content (AvgIpc) is 2.57. The van der Waals surface area contributed by atoms with Crippen molar-refractivity contribution in [1.82, 2.24) is 15.0 Å². The summed E-state index contributed by atoms with van der Waals surface area (Å²) >= 11 is 0. The predicted molar refractivity (Wildman–Crippen MR) is 97.2 cm³/mol. The van der Waals surface area contributed by atoms with Crippen molar-refractivity contribution in [3.05, 3.63) is 29.6 Å². The van der Waals surface area contributed by atoms with Gasteiger partial charge in [-0.15, -0.1) is 0 Å². The number of nitrogens with zero attached hydrogens (tertiary/aromatic N) is 3. The zero-order valence-corrected chi connectivity index (χ0v) is 14.3. The summed E-state index contributed by atoms with van der Waals surface area (Å²) in [6, 6.07) is 3.88. The predicted octanol–water partition coefficient (Wildman–Crippen LogP) is 1.13. The highest BCUT2D eigenvalue weighted by atomic mass is 16.3. The minimum Gasteiger partial charge on any atom is -0.396 e. The van der Waals surface area contributed by atoms with E-state index in [1.54, 1.807) is 6.20 Å². The summed E-state index contributed by atoms with van der Waals surface area (Å²) < 4.78 is 0. The quantitative estimate of drug-likeness (QED) is 0.449. The number of aryl methyl sites for hydroxylation is 1. The molecule has 0 aromatic carbocycles. The van der Waals surface area contributed by atoms with E-state index in [0.717, 1.165) is 11.3 Å². The lowest BCUT2D eigenvalue weighted by Gasteiger charge is -2.15. The first-order chi connectivity index (χ1) is 12.0. The number of nitrogen functional groups attached to an aromatic ring is 1. The number of aliphatic hydroxyl groups excluding tert-OH is 1. The number of nitrogens with one attached hydrogen (secondary N) is 3. The van der Waals surface area contributed by atoms with E-state index >= 15 is 0 Å². The standard InChI is InChI=1S/C16H23N7O2/c1-10-4-5-12(8-19-10)9-20-15-13(21-11(2)25)14(17)22-16(23-15)18-6-3-7-24/h4-5,8,24H,3,6-7,9H2,1-2H3,(H,21,25)(H4,17,18,20,22,23). The van der Waals surface area contributed by atoms with Crippen molar-refractivity contribution < 1.29 is 9.90 Å². The summed E-state index contributed by atoms with van der Waals surface area (Å²) in [5.74, 6) is 0.622. The number of anilines is 4. The largest absolute Gasteiger partial charge is 0.396 e. The van der Waals surface area contributed by atoms with Crippen LogP contribution in [0.5, 0.6) is 0 Å². The van der Waals surface area contributed by atoms with Crippen molar-refractivity contribution in [2.24, 2.45) is 0 Å². The van der Waals surface area contributed by atoms with Crippen LogP contribution in [-0.2, 0) is 11.3 Å². The van der Waals surface area contributed by atoms with Crippen molar-refractivity contribution in [1.29, 1.82) is 0 Å². The molecule has 0 aliphatic carbocycles. The van der Waals surface area contributed by atoms with Gasteiger partial charge >= 0.3 is 0 Å². The molecule has 0 saturated carbocycles. The molecule has 2 rings (SSSR count). The number of nitrogens with two attached hydrogens (primary N) is 1. The molecule has 9 heteroatoms. The van der Waals surface area contributed by atoms with Gasteiger partial charge < -0.3 is 26.8 Å². The number of rotatable bonds is 8. The highest BCUT2D eigenvalue weighted by Gasteiger charge is 2.14. The van der Waals surface area contributed by atoms with Crippen molar-refractivity contribution in [2.75, 3.05) is 34.8 Å².